The number of hydrogen-bond donors (Lipinski definition) is 1. The van der Waals surface area contributed by atoms with Gasteiger partial charge in [0.15, 0.2) is 6.61 Å². The van der Waals surface area contributed by atoms with E-state index in [1.54, 1.807) is 35.2 Å². The second kappa shape index (κ2) is 7.50. The molecule has 2 aliphatic rings. The monoisotopic (exact) mass is 348 g/mol. The molecular formula is C16H16N2O5S. The summed E-state index contributed by atoms with van der Waals surface area (Å²) < 4.78 is 10.7. The minimum absolute atomic E-state index is 0.0479. The van der Waals surface area contributed by atoms with Gasteiger partial charge in [0.05, 0.1) is 18.1 Å². The summed E-state index contributed by atoms with van der Waals surface area (Å²) in [7, 11) is 0. The molecule has 2 fully saturated rings. The van der Waals surface area contributed by atoms with Crippen molar-refractivity contribution < 1.29 is 23.9 Å². The largest absolute Gasteiger partial charge is 0.484 e. The zero-order chi connectivity index (χ0) is 16.9. The van der Waals surface area contributed by atoms with E-state index in [2.05, 4.69) is 5.32 Å². The number of amides is 3. The van der Waals surface area contributed by atoms with E-state index in [1.165, 1.54) is 0 Å². The number of carbonyl (C=O) groups excluding carboxylic acids is 3. The van der Waals surface area contributed by atoms with Crippen LogP contribution in [0.2, 0.25) is 0 Å². The zero-order valence-corrected chi connectivity index (χ0v) is 13.6. The Morgan fingerprint density at radius 1 is 1.33 bits per heavy atom. The molecule has 1 aromatic carbocycles. The Labute approximate surface area is 143 Å². The fourth-order valence-electron chi connectivity index (χ4n) is 2.32. The minimum Gasteiger partial charge on any atom is -0.484 e. The SMILES string of the molecule is O=C1NC(=O)/C(=C/c2cccc(OCC(=O)N3CCOCC3)c2)S1. The molecule has 0 aromatic heterocycles. The quantitative estimate of drug-likeness (QED) is 0.825. The van der Waals surface area contributed by atoms with Crippen molar-refractivity contribution in [1.29, 1.82) is 0 Å². The lowest BCUT2D eigenvalue weighted by Gasteiger charge is -2.26. The topological polar surface area (TPSA) is 84.9 Å². The lowest BCUT2D eigenvalue weighted by atomic mass is 10.2. The molecule has 0 aliphatic carbocycles. The van der Waals surface area contributed by atoms with Gasteiger partial charge in [-0.15, -0.1) is 0 Å². The van der Waals surface area contributed by atoms with Crippen molar-refractivity contribution in [2.75, 3.05) is 32.9 Å². The molecule has 0 bridgehead atoms. The van der Waals surface area contributed by atoms with Crippen LogP contribution in [-0.2, 0) is 14.3 Å². The predicted molar refractivity (Wildman–Crippen MR) is 88.4 cm³/mol. The third kappa shape index (κ3) is 4.15. The van der Waals surface area contributed by atoms with Crippen molar-refractivity contribution in [3.8, 4) is 5.75 Å². The van der Waals surface area contributed by atoms with E-state index in [-0.39, 0.29) is 17.8 Å². The Bertz CT molecular complexity index is 697. The summed E-state index contributed by atoms with van der Waals surface area (Å²) in [6, 6.07) is 7.01. The molecule has 0 radical (unpaired) electrons. The van der Waals surface area contributed by atoms with Crippen LogP contribution < -0.4 is 10.1 Å². The fraction of sp³-hybridized carbons (Fsp3) is 0.312. The van der Waals surface area contributed by atoms with Gasteiger partial charge < -0.3 is 14.4 Å². The summed E-state index contributed by atoms with van der Waals surface area (Å²) in [4.78, 5) is 36.8. The van der Waals surface area contributed by atoms with E-state index in [1.807, 2.05) is 0 Å². The summed E-state index contributed by atoms with van der Waals surface area (Å²) in [6.45, 7) is 2.21. The van der Waals surface area contributed by atoms with Crippen LogP contribution in [0.1, 0.15) is 5.56 Å². The summed E-state index contributed by atoms with van der Waals surface area (Å²) in [6.07, 6.45) is 1.61. The molecule has 0 saturated carbocycles. The highest BCUT2D eigenvalue weighted by atomic mass is 32.2. The first-order valence-electron chi connectivity index (χ1n) is 7.45. The Kier molecular flexibility index (Phi) is 5.17. The van der Waals surface area contributed by atoms with Gasteiger partial charge in [-0.05, 0) is 35.5 Å². The summed E-state index contributed by atoms with van der Waals surface area (Å²) in [5, 5.41) is 1.82. The number of carbonyl (C=O) groups is 3. The number of benzene rings is 1. The van der Waals surface area contributed by atoms with Crippen molar-refractivity contribution >= 4 is 34.9 Å². The normalized spacial score (nSPS) is 19.5. The van der Waals surface area contributed by atoms with Crippen molar-refractivity contribution in [2.24, 2.45) is 0 Å². The number of ether oxygens (including phenoxy) is 2. The van der Waals surface area contributed by atoms with Crippen LogP contribution in [0.15, 0.2) is 29.2 Å². The average Bonchev–Trinajstić information content (AvgIpc) is 2.91. The number of nitrogens with zero attached hydrogens (tertiary/aromatic N) is 1. The number of imide groups is 1. The third-order valence-corrected chi connectivity index (χ3v) is 4.33. The van der Waals surface area contributed by atoms with Gasteiger partial charge in [-0.1, -0.05) is 12.1 Å². The summed E-state index contributed by atoms with van der Waals surface area (Å²) >= 11 is 0.859. The Morgan fingerprint density at radius 2 is 2.12 bits per heavy atom. The highest BCUT2D eigenvalue weighted by Gasteiger charge is 2.25. The molecule has 2 saturated heterocycles. The summed E-state index contributed by atoms with van der Waals surface area (Å²) in [5.41, 5.74) is 0.721. The molecule has 2 aliphatic heterocycles. The minimum atomic E-state index is -0.404. The van der Waals surface area contributed by atoms with Gasteiger partial charge in [-0.2, -0.15) is 0 Å². The molecule has 8 heteroatoms. The van der Waals surface area contributed by atoms with Crippen LogP contribution >= 0.6 is 11.8 Å². The lowest BCUT2D eigenvalue weighted by Crippen LogP contribution is -2.42. The van der Waals surface area contributed by atoms with Gasteiger partial charge in [-0.25, -0.2) is 0 Å². The molecule has 126 valence electrons. The van der Waals surface area contributed by atoms with Gasteiger partial charge in [0.1, 0.15) is 5.75 Å². The number of nitrogens with one attached hydrogen (secondary N) is 1. The second-order valence-electron chi connectivity index (χ2n) is 5.21. The van der Waals surface area contributed by atoms with E-state index in [4.69, 9.17) is 9.47 Å². The second-order valence-corrected chi connectivity index (χ2v) is 6.22. The molecule has 0 spiro atoms. The van der Waals surface area contributed by atoms with Crippen LogP contribution in [0.3, 0.4) is 0 Å². The smallest absolute Gasteiger partial charge is 0.290 e. The van der Waals surface area contributed by atoms with Crippen LogP contribution in [-0.4, -0.2) is 54.9 Å². The Morgan fingerprint density at radius 3 is 2.83 bits per heavy atom. The van der Waals surface area contributed by atoms with Gasteiger partial charge in [0.25, 0.3) is 17.1 Å². The molecule has 1 N–H and O–H groups in total. The van der Waals surface area contributed by atoms with E-state index in [0.29, 0.717) is 37.0 Å². The predicted octanol–water partition coefficient (Wildman–Crippen LogP) is 1.25. The van der Waals surface area contributed by atoms with Crippen LogP contribution in [0.25, 0.3) is 6.08 Å². The number of thioether (sulfide) groups is 1. The third-order valence-electron chi connectivity index (χ3n) is 3.52. The van der Waals surface area contributed by atoms with Gasteiger partial charge in [0, 0.05) is 13.1 Å². The maximum atomic E-state index is 12.1. The van der Waals surface area contributed by atoms with Crippen molar-refractivity contribution in [2.45, 2.75) is 0 Å². The van der Waals surface area contributed by atoms with Crippen molar-refractivity contribution in [1.82, 2.24) is 10.2 Å². The number of morpholine rings is 1. The molecule has 0 atom stereocenters. The first kappa shape index (κ1) is 16.5. The van der Waals surface area contributed by atoms with Crippen LogP contribution in [0.5, 0.6) is 5.75 Å². The average molecular weight is 348 g/mol. The molecule has 1 aromatic rings. The fourth-order valence-corrected chi connectivity index (χ4v) is 3.00. The van der Waals surface area contributed by atoms with Crippen LogP contribution in [0.4, 0.5) is 4.79 Å². The van der Waals surface area contributed by atoms with Gasteiger partial charge in [0.2, 0.25) is 0 Å². The first-order chi connectivity index (χ1) is 11.6. The molecule has 2 heterocycles. The Hall–Kier alpha value is -2.32. The molecule has 3 amide bonds. The lowest BCUT2D eigenvalue weighted by molar-refractivity contribution is -0.137. The van der Waals surface area contributed by atoms with E-state index >= 15 is 0 Å². The Balaban J connectivity index is 1.61. The first-order valence-corrected chi connectivity index (χ1v) is 8.27. The molecule has 0 unspecified atom stereocenters. The van der Waals surface area contributed by atoms with Crippen molar-refractivity contribution in [3.63, 3.8) is 0 Å². The van der Waals surface area contributed by atoms with E-state index < -0.39 is 5.91 Å². The number of rotatable bonds is 4. The van der Waals surface area contributed by atoms with Crippen LogP contribution in [0, 0.1) is 0 Å². The number of hydrogen-bond acceptors (Lipinski definition) is 6. The van der Waals surface area contributed by atoms with Gasteiger partial charge in [-0.3, -0.25) is 19.7 Å². The highest BCUT2D eigenvalue weighted by molar-refractivity contribution is 8.18. The zero-order valence-electron chi connectivity index (χ0n) is 12.8. The van der Waals surface area contributed by atoms with E-state index in [0.717, 1.165) is 17.3 Å². The molecule has 3 rings (SSSR count). The molecular weight excluding hydrogens is 332 g/mol. The maximum Gasteiger partial charge on any atom is 0.290 e. The summed E-state index contributed by atoms with van der Waals surface area (Å²) in [5.74, 6) is 0.0397. The van der Waals surface area contributed by atoms with E-state index in [9.17, 15) is 14.4 Å². The molecule has 7 nitrogen and oxygen atoms in total. The van der Waals surface area contributed by atoms with Gasteiger partial charge >= 0.3 is 0 Å². The highest BCUT2D eigenvalue weighted by Crippen LogP contribution is 2.26. The maximum absolute atomic E-state index is 12.1. The van der Waals surface area contributed by atoms with Crippen molar-refractivity contribution in [3.05, 3.63) is 34.7 Å². The standard InChI is InChI=1S/C16H16N2O5S/c19-14(18-4-6-22-7-5-18)10-23-12-3-1-2-11(8-12)9-13-15(20)17-16(21)24-13/h1-3,8-9H,4-7,10H2,(H,17,20,21)/b13-9-. The molecule has 24 heavy (non-hydrogen) atoms.